The number of aromatic amines is 1. The first-order chi connectivity index (χ1) is 11.3. The number of nitrogens with two attached hydrogens (primary N) is 1. The van der Waals surface area contributed by atoms with E-state index in [0.717, 1.165) is 5.56 Å². The zero-order valence-corrected chi connectivity index (χ0v) is 14.8. The maximum Gasteiger partial charge on any atom is 0.271 e. The van der Waals surface area contributed by atoms with E-state index >= 15 is 0 Å². The summed E-state index contributed by atoms with van der Waals surface area (Å²) in [5.41, 5.74) is 7.19. The average molecular weight is 363 g/mol. The third kappa shape index (κ3) is 2.90. The van der Waals surface area contributed by atoms with Gasteiger partial charge in [0.1, 0.15) is 9.90 Å². The molecule has 0 aliphatic carbocycles. The Balaban J connectivity index is 2.06. The van der Waals surface area contributed by atoms with Crippen LogP contribution in [0, 0.1) is 0 Å². The van der Waals surface area contributed by atoms with Gasteiger partial charge in [-0.25, -0.2) is 8.42 Å². The van der Waals surface area contributed by atoms with Gasteiger partial charge in [0.05, 0.1) is 11.2 Å². The summed E-state index contributed by atoms with van der Waals surface area (Å²) >= 11 is 1.18. The summed E-state index contributed by atoms with van der Waals surface area (Å²) in [7, 11) is -3.72. The molecule has 8 heteroatoms. The van der Waals surface area contributed by atoms with Gasteiger partial charge in [0.25, 0.3) is 15.9 Å². The monoisotopic (exact) mass is 363 g/mol. The molecule has 0 saturated heterocycles. The Labute approximate surface area is 143 Å². The number of primary amides is 1. The summed E-state index contributed by atoms with van der Waals surface area (Å²) < 4.78 is 28.4. The zero-order valence-electron chi connectivity index (χ0n) is 13.2. The molecule has 0 atom stereocenters. The number of H-pyrrole nitrogens is 1. The van der Waals surface area contributed by atoms with Gasteiger partial charge in [-0.1, -0.05) is 26.0 Å². The lowest BCUT2D eigenvalue weighted by molar-refractivity contribution is 0.0996. The van der Waals surface area contributed by atoms with Crippen molar-refractivity contribution in [1.29, 1.82) is 0 Å². The molecule has 24 heavy (non-hydrogen) atoms. The molecule has 0 spiro atoms. The Morgan fingerprint density at radius 3 is 2.71 bits per heavy atom. The minimum Gasteiger partial charge on any atom is -0.364 e. The topological polar surface area (TPSA) is 105 Å². The lowest BCUT2D eigenvalue weighted by Gasteiger charge is -2.11. The van der Waals surface area contributed by atoms with Crippen molar-refractivity contribution in [2.75, 3.05) is 4.72 Å². The zero-order chi connectivity index (χ0) is 17.5. The Morgan fingerprint density at radius 2 is 2.04 bits per heavy atom. The van der Waals surface area contributed by atoms with Gasteiger partial charge < -0.3 is 10.7 Å². The minimum atomic E-state index is -3.72. The summed E-state index contributed by atoms with van der Waals surface area (Å²) in [6, 6.07) is 8.56. The number of fused-ring (bicyclic) bond motifs is 1. The molecule has 1 amide bonds. The average Bonchev–Trinajstić information content (AvgIpc) is 3.14. The van der Waals surface area contributed by atoms with Crippen molar-refractivity contribution >= 4 is 43.9 Å². The molecule has 0 aliphatic rings. The number of benzene rings is 1. The van der Waals surface area contributed by atoms with E-state index in [1.165, 1.54) is 11.3 Å². The number of para-hydroxylation sites is 1. The number of sulfonamides is 1. The van der Waals surface area contributed by atoms with Gasteiger partial charge in [-0.3, -0.25) is 9.52 Å². The van der Waals surface area contributed by atoms with Crippen molar-refractivity contribution in [3.63, 3.8) is 0 Å². The van der Waals surface area contributed by atoms with E-state index in [0.29, 0.717) is 20.8 Å². The number of carbonyl (C=O) groups excluding carboxylic acids is 1. The first-order valence-corrected chi connectivity index (χ1v) is 9.67. The van der Waals surface area contributed by atoms with Crippen molar-refractivity contribution in [2.24, 2.45) is 5.73 Å². The van der Waals surface area contributed by atoms with Crippen LogP contribution in [0.5, 0.6) is 0 Å². The highest BCUT2D eigenvalue weighted by atomic mass is 32.2. The number of hydrogen-bond acceptors (Lipinski definition) is 4. The number of carbonyl (C=O) groups is 1. The molecule has 2 heterocycles. The second kappa shape index (κ2) is 5.95. The van der Waals surface area contributed by atoms with Crippen LogP contribution in [0.3, 0.4) is 0 Å². The van der Waals surface area contributed by atoms with Crippen molar-refractivity contribution in [3.05, 3.63) is 47.0 Å². The molecular formula is C16H17N3O3S2. The first-order valence-electron chi connectivity index (χ1n) is 7.31. The van der Waals surface area contributed by atoms with Crippen molar-refractivity contribution < 1.29 is 13.2 Å². The largest absolute Gasteiger partial charge is 0.364 e. The quantitative estimate of drug-likeness (QED) is 0.648. The predicted molar refractivity (Wildman–Crippen MR) is 96.0 cm³/mol. The summed E-state index contributed by atoms with van der Waals surface area (Å²) in [6.45, 7) is 3.90. The third-order valence-electron chi connectivity index (χ3n) is 3.69. The highest BCUT2D eigenvalue weighted by molar-refractivity contribution is 7.94. The standard InChI is InChI=1S/C16H17N3O3S2/c1-9(2)11-6-7-23-16(11)24(21,22)19-12-5-3-4-10-8-13(15(17)20)18-14(10)12/h3-9,18-19H,1-2H3,(H2,17,20). The number of nitrogens with one attached hydrogen (secondary N) is 2. The van der Waals surface area contributed by atoms with E-state index in [-0.39, 0.29) is 11.6 Å². The lowest BCUT2D eigenvalue weighted by atomic mass is 10.1. The molecule has 3 rings (SSSR count). The molecular weight excluding hydrogens is 346 g/mol. The molecule has 6 nitrogen and oxygen atoms in total. The maximum atomic E-state index is 12.8. The fraction of sp³-hybridized carbons (Fsp3) is 0.188. The van der Waals surface area contributed by atoms with Crippen molar-refractivity contribution in [3.8, 4) is 0 Å². The normalized spacial score (nSPS) is 12.0. The van der Waals surface area contributed by atoms with Crippen LogP contribution in [0.25, 0.3) is 10.9 Å². The SMILES string of the molecule is CC(C)c1ccsc1S(=O)(=O)Nc1cccc2cc(C(N)=O)[nH]c12. The third-order valence-corrected chi connectivity index (χ3v) is 6.57. The Kier molecular flexibility index (Phi) is 4.10. The van der Waals surface area contributed by atoms with Crippen LogP contribution in [0.2, 0.25) is 0 Å². The second-order valence-corrected chi connectivity index (χ2v) is 8.53. The van der Waals surface area contributed by atoms with E-state index < -0.39 is 15.9 Å². The van der Waals surface area contributed by atoms with Crippen LogP contribution in [-0.2, 0) is 10.0 Å². The second-order valence-electron chi connectivity index (χ2n) is 5.74. The number of aromatic nitrogens is 1. The molecule has 0 fully saturated rings. The molecule has 0 bridgehead atoms. The van der Waals surface area contributed by atoms with Gasteiger partial charge in [-0.15, -0.1) is 11.3 Å². The van der Waals surface area contributed by atoms with Crippen LogP contribution < -0.4 is 10.5 Å². The van der Waals surface area contributed by atoms with E-state index in [2.05, 4.69) is 9.71 Å². The fourth-order valence-corrected chi connectivity index (χ4v) is 5.26. The lowest BCUT2D eigenvalue weighted by Crippen LogP contribution is -2.14. The first kappa shape index (κ1) is 16.5. The van der Waals surface area contributed by atoms with E-state index in [1.807, 2.05) is 19.9 Å². The smallest absolute Gasteiger partial charge is 0.271 e. The summed E-state index contributed by atoms with van der Waals surface area (Å²) in [5.74, 6) is -0.495. The number of anilines is 1. The molecule has 2 aromatic heterocycles. The Bertz CT molecular complexity index is 1020. The van der Waals surface area contributed by atoms with Crippen LogP contribution in [-0.4, -0.2) is 19.3 Å². The van der Waals surface area contributed by atoms with Crippen molar-refractivity contribution in [2.45, 2.75) is 24.0 Å². The highest BCUT2D eigenvalue weighted by Crippen LogP contribution is 2.32. The van der Waals surface area contributed by atoms with Crippen molar-refractivity contribution in [1.82, 2.24) is 4.98 Å². The van der Waals surface area contributed by atoms with Crippen LogP contribution in [0.4, 0.5) is 5.69 Å². The number of amides is 1. The summed E-state index contributed by atoms with van der Waals surface area (Å²) in [4.78, 5) is 14.2. The molecule has 3 aromatic rings. The van der Waals surface area contributed by atoms with Crippen LogP contribution in [0.1, 0.15) is 35.8 Å². The van der Waals surface area contributed by atoms with E-state index in [4.69, 9.17) is 5.73 Å². The van der Waals surface area contributed by atoms with Gasteiger partial charge in [-0.2, -0.15) is 0 Å². The van der Waals surface area contributed by atoms with Crippen LogP contribution >= 0.6 is 11.3 Å². The summed E-state index contributed by atoms with van der Waals surface area (Å²) in [5, 5.41) is 2.48. The molecule has 0 saturated carbocycles. The van der Waals surface area contributed by atoms with Gasteiger partial charge >= 0.3 is 0 Å². The Morgan fingerprint density at radius 1 is 1.29 bits per heavy atom. The van der Waals surface area contributed by atoms with Gasteiger partial charge in [-0.05, 0) is 35.1 Å². The number of rotatable bonds is 5. The van der Waals surface area contributed by atoms with Gasteiger partial charge in [0, 0.05) is 5.39 Å². The summed E-state index contributed by atoms with van der Waals surface area (Å²) in [6.07, 6.45) is 0. The molecule has 0 aliphatic heterocycles. The maximum absolute atomic E-state index is 12.8. The Hall–Kier alpha value is -2.32. The fourth-order valence-electron chi connectivity index (χ4n) is 2.52. The van der Waals surface area contributed by atoms with E-state index in [1.54, 1.807) is 29.6 Å². The van der Waals surface area contributed by atoms with Gasteiger partial charge in [0.2, 0.25) is 0 Å². The van der Waals surface area contributed by atoms with Crippen LogP contribution in [0.15, 0.2) is 39.9 Å². The molecule has 126 valence electrons. The predicted octanol–water partition coefficient (Wildman–Crippen LogP) is 3.25. The number of thiophene rings is 1. The molecule has 0 radical (unpaired) electrons. The molecule has 1 aromatic carbocycles. The minimum absolute atomic E-state index is 0.102. The highest BCUT2D eigenvalue weighted by Gasteiger charge is 2.23. The molecule has 4 N–H and O–H groups in total. The number of hydrogen-bond donors (Lipinski definition) is 3. The van der Waals surface area contributed by atoms with E-state index in [9.17, 15) is 13.2 Å². The molecule has 0 unspecified atom stereocenters. The van der Waals surface area contributed by atoms with Gasteiger partial charge in [0.15, 0.2) is 0 Å².